The summed E-state index contributed by atoms with van der Waals surface area (Å²) in [5.74, 6) is 0.466. The van der Waals surface area contributed by atoms with E-state index < -0.39 is 0 Å². The molecule has 1 aromatic carbocycles. The molecule has 0 unspecified atom stereocenters. The molecule has 2 rings (SSSR count). The predicted octanol–water partition coefficient (Wildman–Crippen LogP) is 11.8. The number of aliphatic hydroxyl groups is 1. The van der Waals surface area contributed by atoms with E-state index in [0.29, 0.717) is 12.2 Å². The Balaban J connectivity index is 1.90. The standard InChI is InChI=1S/C40H50O/c1-29(17-13-19-31(3)21-24-37-25-23-33(5)35(7)36(37)8)15-11-12-16-30(2)18-14-20-32(4)22-26-39-34(6)27-38(41)28-40(39,9)10/h11-26,28,41H,27H2,1-10H3/b12-11+,17-13+,18-14+,24-21+,26-22+,29-15+,30-16+,31-19+,32-20+. The van der Waals surface area contributed by atoms with Crippen molar-refractivity contribution in [2.24, 2.45) is 5.41 Å². The molecule has 0 atom stereocenters. The van der Waals surface area contributed by atoms with E-state index in [4.69, 9.17) is 0 Å². The molecule has 0 spiro atoms. The number of hydrogen-bond donors (Lipinski definition) is 1. The molecule has 1 aliphatic rings. The molecule has 0 aliphatic heterocycles. The fourth-order valence-corrected chi connectivity index (χ4v) is 4.75. The van der Waals surface area contributed by atoms with E-state index in [0.717, 1.165) is 0 Å². The van der Waals surface area contributed by atoms with E-state index in [9.17, 15) is 5.11 Å². The minimum atomic E-state index is -0.152. The van der Waals surface area contributed by atoms with E-state index >= 15 is 0 Å². The molecule has 0 bridgehead atoms. The number of benzene rings is 1. The van der Waals surface area contributed by atoms with Crippen LogP contribution in [-0.4, -0.2) is 5.11 Å². The zero-order chi connectivity index (χ0) is 30.6. The zero-order valence-corrected chi connectivity index (χ0v) is 27.0. The maximum atomic E-state index is 9.96. The van der Waals surface area contributed by atoms with Crippen molar-refractivity contribution in [2.45, 2.75) is 75.7 Å². The molecule has 0 heterocycles. The van der Waals surface area contributed by atoms with Crippen molar-refractivity contribution < 1.29 is 5.11 Å². The van der Waals surface area contributed by atoms with E-state index in [2.05, 4.69) is 166 Å². The summed E-state index contributed by atoms with van der Waals surface area (Å²) in [7, 11) is 0. The van der Waals surface area contributed by atoms with Gasteiger partial charge in [0.1, 0.15) is 0 Å². The molecule has 1 nitrogen and oxygen atoms in total. The summed E-state index contributed by atoms with van der Waals surface area (Å²) in [5.41, 5.74) is 12.5. The first-order valence-electron chi connectivity index (χ1n) is 14.6. The Morgan fingerprint density at radius 2 is 1.15 bits per heavy atom. The minimum Gasteiger partial charge on any atom is -0.512 e. The fraction of sp³-hybridized carbons (Fsp3) is 0.300. The Bertz CT molecular complexity index is 1430. The Hall–Kier alpha value is -3.84. The summed E-state index contributed by atoms with van der Waals surface area (Å²) in [6.45, 7) is 21.4. The van der Waals surface area contributed by atoms with Crippen LogP contribution in [0.3, 0.4) is 0 Å². The summed E-state index contributed by atoms with van der Waals surface area (Å²) in [5, 5.41) is 9.96. The second-order valence-corrected chi connectivity index (χ2v) is 11.9. The number of hydrogen-bond acceptors (Lipinski definition) is 1. The van der Waals surface area contributed by atoms with Crippen molar-refractivity contribution in [2.75, 3.05) is 0 Å². The molecule has 0 fully saturated rings. The first-order valence-corrected chi connectivity index (χ1v) is 14.6. The van der Waals surface area contributed by atoms with Crippen LogP contribution in [0.25, 0.3) is 6.08 Å². The van der Waals surface area contributed by atoms with Gasteiger partial charge in [-0.2, -0.15) is 0 Å². The third-order valence-corrected chi connectivity index (χ3v) is 7.53. The topological polar surface area (TPSA) is 20.2 Å². The molecule has 1 N–H and O–H groups in total. The van der Waals surface area contributed by atoms with E-state index in [1.54, 1.807) is 0 Å². The minimum absolute atomic E-state index is 0.152. The average molecular weight is 547 g/mol. The van der Waals surface area contributed by atoms with Gasteiger partial charge in [0.2, 0.25) is 0 Å². The predicted molar refractivity (Wildman–Crippen MR) is 183 cm³/mol. The number of aliphatic hydroxyl groups excluding tert-OH is 1. The maximum Gasteiger partial charge on any atom is 0.0932 e. The molecule has 1 aliphatic carbocycles. The average Bonchev–Trinajstić information content (AvgIpc) is 2.88. The Morgan fingerprint density at radius 1 is 0.659 bits per heavy atom. The van der Waals surface area contributed by atoms with Crippen LogP contribution in [0.4, 0.5) is 0 Å². The van der Waals surface area contributed by atoms with E-state index in [1.165, 1.54) is 55.7 Å². The monoisotopic (exact) mass is 546 g/mol. The van der Waals surface area contributed by atoms with Crippen LogP contribution < -0.4 is 0 Å². The summed E-state index contributed by atoms with van der Waals surface area (Å²) < 4.78 is 0. The quantitative estimate of drug-likeness (QED) is 0.289. The van der Waals surface area contributed by atoms with Crippen LogP contribution in [0.5, 0.6) is 0 Å². The summed E-state index contributed by atoms with van der Waals surface area (Å²) >= 11 is 0. The molecule has 0 saturated carbocycles. The van der Waals surface area contributed by atoms with Crippen molar-refractivity contribution in [3.63, 3.8) is 0 Å². The van der Waals surface area contributed by atoms with Crippen molar-refractivity contribution in [1.82, 2.24) is 0 Å². The lowest BCUT2D eigenvalue weighted by Gasteiger charge is -2.29. The largest absolute Gasteiger partial charge is 0.512 e. The van der Waals surface area contributed by atoms with Gasteiger partial charge in [-0.3, -0.25) is 0 Å². The van der Waals surface area contributed by atoms with Crippen LogP contribution in [0.15, 0.2) is 136 Å². The van der Waals surface area contributed by atoms with Gasteiger partial charge in [0, 0.05) is 11.8 Å². The summed E-state index contributed by atoms with van der Waals surface area (Å²) in [6, 6.07) is 4.39. The first-order chi connectivity index (χ1) is 19.3. The van der Waals surface area contributed by atoms with Crippen molar-refractivity contribution in [3.8, 4) is 0 Å². The van der Waals surface area contributed by atoms with Gasteiger partial charge in [0.25, 0.3) is 0 Å². The summed E-state index contributed by atoms with van der Waals surface area (Å²) in [6.07, 6.45) is 32.4. The molecule has 216 valence electrons. The fourth-order valence-electron chi connectivity index (χ4n) is 4.75. The lowest BCUT2D eigenvalue weighted by Crippen LogP contribution is -2.17. The van der Waals surface area contributed by atoms with Gasteiger partial charge in [-0.05, 0) is 89.3 Å². The normalized spacial score (nSPS) is 17.9. The number of rotatable bonds is 10. The second-order valence-electron chi connectivity index (χ2n) is 11.9. The van der Waals surface area contributed by atoms with E-state index in [1.807, 2.05) is 6.08 Å². The van der Waals surface area contributed by atoms with Gasteiger partial charge in [-0.15, -0.1) is 0 Å². The molecule has 0 aromatic heterocycles. The maximum absolute atomic E-state index is 9.96. The Labute approximate surface area is 250 Å². The zero-order valence-electron chi connectivity index (χ0n) is 27.0. The van der Waals surface area contributed by atoms with Crippen LogP contribution in [-0.2, 0) is 0 Å². The van der Waals surface area contributed by atoms with Gasteiger partial charge < -0.3 is 5.11 Å². The molecule has 1 aromatic rings. The van der Waals surface area contributed by atoms with Gasteiger partial charge in [0.15, 0.2) is 0 Å². The third kappa shape index (κ3) is 11.3. The van der Waals surface area contributed by atoms with Crippen LogP contribution in [0.2, 0.25) is 0 Å². The molecule has 0 saturated heterocycles. The third-order valence-electron chi connectivity index (χ3n) is 7.53. The molecule has 0 amide bonds. The van der Waals surface area contributed by atoms with Crippen molar-refractivity contribution >= 4 is 6.08 Å². The Morgan fingerprint density at radius 3 is 1.68 bits per heavy atom. The highest BCUT2D eigenvalue weighted by atomic mass is 16.3. The smallest absolute Gasteiger partial charge is 0.0932 e. The van der Waals surface area contributed by atoms with Crippen LogP contribution in [0, 0.1) is 26.2 Å². The number of aryl methyl sites for hydroxylation is 1. The van der Waals surface area contributed by atoms with Gasteiger partial charge in [-0.1, -0.05) is 139 Å². The van der Waals surface area contributed by atoms with Crippen LogP contribution in [0.1, 0.15) is 77.1 Å². The van der Waals surface area contributed by atoms with E-state index in [-0.39, 0.29) is 5.41 Å². The highest BCUT2D eigenvalue weighted by molar-refractivity contribution is 5.59. The summed E-state index contributed by atoms with van der Waals surface area (Å²) in [4.78, 5) is 0. The highest BCUT2D eigenvalue weighted by Gasteiger charge is 2.25. The Kier molecular flexibility index (Phi) is 12.9. The lowest BCUT2D eigenvalue weighted by atomic mass is 9.76. The van der Waals surface area contributed by atoms with Gasteiger partial charge in [-0.25, -0.2) is 0 Å². The number of allylic oxidation sites excluding steroid dienone is 20. The van der Waals surface area contributed by atoms with Crippen molar-refractivity contribution in [1.29, 1.82) is 0 Å². The molecule has 0 radical (unpaired) electrons. The van der Waals surface area contributed by atoms with Crippen molar-refractivity contribution in [3.05, 3.63) is 159 Å². The van der Waals surface area contributed by atoms with Crippen LogP contribution >= 0.6 is 0 Å². The molecular formula is C40H50O. The van der Waals surface area contributed by atoms with Gasteiger partial charge in [0.05, 0.1) is 5.76 Å². The highest BCUT2D eigenvalue weighted by Crippen LogP contribution is 2.38. The molecular weight excluding hydrogens is 496 g/mol. The lowest BCUT2D eigenvalue weighted by molar-refractivity contribution is 0.373. The SMILES string of the molecule is CC1=C(/C=C/C(C)=C/C=C/C(C)=C/C=C/C=C(C)/C=C/C=C(C)/C=C/c2ccc(C)c(C)c2C)C(C)(C)C=C(O)C1. The van der Waals surface area contributed by atoms with Gasteiger partial charge >= 0.3 is 0 Å². The first kappa shape index (κ1) is 33.4. The molecule has 41 heavy (non-hydrogen) atoms. The second kappa shape index (κ2) is 15.8. The molecule has 1 heteroatoms.